The van der Waals surface area contributed by atoms with Crippen molar-refractivity contribution in [2.45, 2.75) is 32.4 Å². The average molecular weight is 271 g/mol. The first kappa shape index (κ1) is 17.2. The summed E-state index contributed by atoms with van der Waals surface area (Å²) < 4.78 is 40.4. The first-order valence-corrected chi connectivity index (χ1v) is 5.81. The van der Waals surface area contributed by atoms with Crippen LogP contribution in [0.15, 0.2) is 0 Å². The van der Waals surface area contributed by atoms with Crippen LogP contribution in [0.1, 0.15) is 26.2 Å². The van der Waals surface area contributed by atoms with E-state index in [1.54, 1.807) is 6.92 Å². The topological polar surface area (TPSA) is 72.5 Å². The predicted molar refractivity (Wildman–Crippen MR) is 60.1 cm³/mol. The van der Waals surface area contributed by atoms with Crippen LogP contribution in [0.4, 0.5) is 13.2 Å². The van der Waals surface area contributed by atoms with Gasteiger partial charge in [-0.3, -0.25) is 4.79 Å². The number of halogens is 3. The van der Waals surface area contributed by atoms with E-state index in [1.807, 2.05) is 0 Å². The standard InChI is InChI=1S/C11H20F3NO3/c1-8(4-9(6-15)5-10(16)17)7-18-3-2-11(12,13)14/h8-9H,2-7,15H2,1H3,(H,16,17). The van der Waals surface area contributed by atoms with Crippen molar-refractivity contribution in [2.24, 2.45) is 17.6 Å². The average Bonchev–Trinajstić information content (AvgIpc) is 2.21. The number of hydrogen-bond acceptors (Lipinski definition) is 3. The van der Waals surface area contributed by atoms with Crippen LogP contribution in [0.25, 0.3) is 0 Å². The summed E-state index contributed by atoms with van der Waals surface area (Å²) in [5.74, 6) is -1.09. The fraction of sp³-hybridized carbons (Fsp3) is 0.909. The highest BCUT2D eigenvalue weighted by Crippen LogP contribution is 2.20. The van der Waals surface area contributed by atoms with Crippen molar-refractivity contribution in [3.8, 4) is 0 Å². The zero-order valence-electron chi connectivity index (χ0n) is 10.4. The van der Waals surface area contributed by atoms with Crippen LogP contribution in [0, 0.1) is 11.8 Å². The molecule has 0 saturated heterocycles. The van der Waals surface area contributed by atoms with Crippen LogP contribution in [0.3, 0.4) is 0 Å². The van der Waals surface area contributed by atoms with Crippen molar-refractivity contribution in [3.05, 3.63) is 0 Å². The van der Waals surface area contributed by atoms with Crippen molar-refractivity contribution in [3.63, 3.8) is 0 Å². The Balaban J connectivity index is 3.75. The maximum Gasteiger partial charge on any atom is 0.391 e. The molecule has 0 aliphatic carbocycles. The van der Waals surface area contributed by atoms with Crippen molar-refractivity contribution in [1.82, 2.24) is 0 Å². The summed E-state index contributed by atoms with van der Waals surface area (Å²) in [6, 6.07) is 0. The van der Waals surface area contributed by atoms with Crippen molar-refractivity contribution in [1.29, 1.82) is 0 Å². The highest BCUT2D eigenvalue weighted by molar-refractivity contribution is 5.67. The maximum absolute atomic E-state index is 11.8. The van der Waals surface area contributed by atoms with Crippen LogP contribution in [0.2, 0.25) is 0 Å². The molecule has 2 atom stereocenters. The second-order valence-electron chi connectivity index (χ2n) is 4.48. The minimum atomic E-state index is -4.20. The normalized spacial score (nSPS) is 15.4. The Morgan fingerprint density at radius 3 is 2.50 bits per heavy atom. The minimum Gasteiger partial charge on any atom is -0.481 e. The van der Waals surface area contributed by atoms with Crippen LogP contribution in [-0.4, -0.2) is 37.0 Å². The summed E-state index contributed by atoms with van der Waals surface area (Å²) >= 11 is 0. The minimum absolute atomic E-state index is 0.00821. The summed E-state index contributed by atoms with van der Waals surface area (Å²) in [4.78, 5) is 10.5. The molecule has 7 heteroatoms. The first-order valence-electron chi connectivity index (χ1n) is 5.81. The highest BCUT2D eigenvalue weighted by atomic mass is 19.4. The lowest BCUT2D eigenvalue weighted by molar-refractivity contribution is -0.146. The van der Waals surface area contributed by atoms with E-state index < -0.39 is 18.6 Å². The van der Waals surface area contributed by atoms with Crippen molar-refractivity contribution < 1.29 is 27.8 Å². The third kappa shape index (κ3) is 10.3. The number of hydrogen-bond donors (Lipinski definition) is 2. The van der Waals surface area contributed by atoms with Gasteiger partial charge in [-0.15, -0.1) is 0 Å². The zero-order chi connectivity index (χ0) is 14.2. The van der Waals surface area contributed by atoms with Gasteiger partial charge in [0.25, 0.3) is 0 Å². The van der Waals surface area contributed by atoms with Gasteiger partial charge in [-0.25, -0.2) is 0 Å². The van der Waals surface area contributed by atoms with E-state index in [0.29, 0.717) is 6.42 Å². The van der Waals surface area contributed by atoms with E-state index in [1.165, 1.54) is 0 Å². The molecule has 0 spiro atoms. The molecule has 0 heterocycles. The molecule has 0 aromatic rings. The maximum atomic E-state index is 11.8. The molecular formula is C11H20F3NO3. The van der Waals surface area contributed by atoms with Gasteiger partial charge in [0.05, 0.1) is 13.0 Å². The molecule has 0 aromatic heterocycles. The fourth-order valence-electron chi connectivity index (χ4n) is 1.62. The van der Waals surface area contributed by atoms with Crippen LogP contribution >= 0.6 is 0 Å². The third-order valence-corrected chi connectivity index (χ3v) is 2.46. The van der Waals surface area contributed by atoms with Gasteiger partial charge in [-0.1, -0.05) is 6.92 Å². The van der Waals surface area contributed by atoms with E-state index in [2.05, 4.69) is 0 Å². The first-order chi connectivity index (χ1) is 8.24. The Hall–Kier alpha value is -0.820. The molecule has 0 amide bonds. The Morgan fingerprint density at radius 2 is 2.06 bits per heavy atom. The summed E-state index contributed by atoms with van der Waals surface area (Å²) in [6.07, 6.45) is -4.65. The van der Waals surface area contributed by atoms with Crippen LogP contribution in [-0.2, 0) is 9.53 Å². The predicted octanol–water partition coefficient (Wildman–Crippen LogP) is 2.03. The Labute approximate surface area is 104 Å². The van der Waals surface area contributed by atoms with Crippen LogP contribution < -0.4 is 5.73 Å². The van der Waals surface area contributed by atoms with E-state index in [4.69, 9.17) is 15.6 Å². The lowest BCUT2D eigenvalue weighted by atomic mass is 9.94. The lowest BCUT2D eigenvalue weighted by Crippen LogP contribution is -2.22. The second kappa shape index (κ2) is 8.31. The molecule has 0 radical (unpaired) electrons. The van der Waals surface area contributed by atoms with Gasteiger partial charge in [-0.05, 0) is 24.8 Å². The van der Waals surface area contributed by atoms with Gasteiger partial charge >= 0.3 is 12.1 Å². The molecule has 18 heavy (non-hydrogen) atoms. The van der Waals surface area contributed by atoms with E-state index >= 15 is 0 Å². The van der Waals surface area contributed by atoms with Crippen molar-refractivity contribution >= 4 is 5.97 Å². The zero-order valence-corrected chi connectivity index (χ0v) is 10.4. The molecule has 0 aliphatic rings. The number of nitrogens with two attached hydrogens (primary N) is 1. The van der Waals surface area contributed by atoms with E-state index in [-0.39, 0.29) is 38.0 Å². The summed E-state index contributed by atoms with van der Waals surface area (Å²) in [5.41, 5.74) is 5.43. The monoisotopic (exact) mass is 271 g/mol. The second-order valence-corrected chi connectivity index (χ2v) is 4.48. The van der Waals surface area contributed by atoms with Crippen molar-refractivity contribution in [2.75, 3.05) is 19.8 Å². The van der Waals surface area contributed by atoms with Gasteiger partial charge < -0.3 is 15.6 Å². The number of carboxylic acid groups (broad SMARTS) is 1. The summed E-state index contributed by atoms with van der Waals surface area (Å²) in [7, 11) is 0. The summed E-state index contributed by atoms with van der Waals surface area (Å²) in [5, 5.41) is 8.62. The van der Waals surface area contributed by atoms with Gasteiger partial charge in [0.15, 0.2) is 0 Å². The summed E-state index contributed by atoms with van der Waals surface area (Å²) in [6.45, 7) is 1.88. The quantitative estimate of drug-likeness (QED) is 0.629. The molecule has 0 saturated carbocycles. The van der Waals surface area contributed by atoms with Gasteiger partial charge in [-0.2, -0.15) is 13.2 Å². The third-order valence-electron chi connectivity index (χ3n) is 2.46. The van der Waals surface area contributed by atoms with Gasteiger partial charge in [0.1, 0.15) is 0 Å². The van der Waals surface area contributed by atoms with Gasteiger partial charge in [0, 0.05) is 13.0 Å². The number of alkyl halides is 3. The van der Waals surface area contributed by atoms with Crippen LogP contribution in [0.5, 0.6) is 0 Å². The van der Waals surface area contributed by atoms with Gasteiger partial charge in [0.2, 0.25) is 0 Å². The molecule has 3 N–H and O–H groups in total. The number of aliphatic carboxylic acids is 1. The number of rotatable bonds is 9. The Morgan fingerprint density at radius 1 is 1.44 bits per heavy atom. The molecule has 0 rings (SSSR count). The molecule has 108 valence electrons. The molecule has 4 nitrogen and oxygen atoms in total. The Kier molecular flexibility index (Phi) is 7.93. The molecule has 0 aromatic carbocycles. The molecule has 0 bridgehead atoms. The molecule has 0 aliphatic heterocycles. The SMILES string of the molecule is CC(COCCC(F)(F)F)CC(CN)CC(=O)O. The highest BCUT2D eigenvalue weighted by Gasteiger charge is 2.26. The largest absolute Gasteiger partial charge is 0.481 e. The smallest absolute Gasteiger partial charge is 0.391 e. The number of carbonyl (C=O) groups is 1. The van der Waals surface area contributed by atoms with E-state index in [0.717, 1.165) is 0 Å². The fourth-order valence-corrected chi connectivity index (χ4v) is 1.62. The lowest BCUT2D eigenvalue weighted by Gasteiger charge is -2.18. The molecular weight excluding hydrogens is 251 g/mol. The number of ether oxygens (including phenoxy) is 1. The molecule has 2 unspecified atom stereocenters. The molecule has 0 fully saturated rings. The Bertz CT molecular complexity index is 246. The van der Waals surface area contributed by atoms with E-state index in [9.17, 15) is 18.0 Å². The number of carboxylic acids is 1.